The maximum atomic E-state index is 15.7. The summed E-state index contributed by atoms with van der Waals surface area (Å²) >= 11 is 1.57. The zero-order valence-electron chi connectivity index (χ0n) is 45.6. The van der Waals surface area contributed by atoms with Crippen molar-refractivity contribution in [3.63, 3.8) is 0 Å². The minimum atomic E-state index is -4.15. The molecule has 22 heteroatoms. The summed E-state index contributed by atoms with van der Waals surface area (Å²) < 4.78 is 59.1. The van der Waals surface area contributed by atoms with Crippen LogP contribution in [-0.4, -0.2) is 161 Å². The van der Waals surface area contributed by atoms with E-state index in [9.17, 15) is 32.7 Å². The molecule has 6 heterocycles. The van der Waals surface area contributed by atoms with E-state index in [1.165, 1.54) is 18.1 Å². The number of aliphatic hydroxyl groups is 1. The third kappa shape index (κ3) is 12.5. The van der Waals surface area contributed by atoms with Crippen LogP contribution in [0.1, 0.15) is 87.1 Å². The highest BCUT2D eigenvalue weighted by molar-refractivity contribution is 7.90. The molecule has 3 amide bonds. The van der Waals surface area contributed by atoms with Gasteiger partial charge in [0.2, 0.25) is 23.5 Å². The van der Waals surface area contributed by atoms with Crippen molar-refractivity contribution < 1.29 is 41.5 Å². The summed E-state index contributed by atoms with van der Waals surface area (Å²) in [5.74, 6) is -4.46. The van der Waals surface area contributed by atoms with Crippen molar-refractivity contribution in [1.82, 2.24) is 44.6 Å². The number of piperazine rings is 1. The van der Waals surface area contributed by atoms with Crippen LogP contribution in [0, 0.1) is 24.0 Å². The number of halogens is 2. The lowest BCUT2D eigenvalue weighted by Gasteiger charge is -2.43. The standard InChI is InChI=1S/C57H69F2N11O7S2/c1-8-66(7)79(76,77)65-46-18-17-45(58)49(50(46)59)51(73)44-30-61-54-43(44)27-39(29-60-54)37-13-15-40(16-14-37)68-23-25-69(26-24-68)41-19-21-67(22-20-41)32-48(72)64-53(57(4,5)6)56(75)70-31-42(71)28-47(70)55(74)63-34(2)36-9-11-38(12-10-36)52-35(3)62-33-78-52/h9-18,27,29-30,33-34,41-42,47,53,65,71H,8,19-26,28,31-32H2,1-7H3,(H,60,61)(H,63,74)(H,64,72)/t34?,42-,47+,53?/m1/s1. The molecule has 3 aromatic carbocycles. The molecular formula is C57H69F2N11O7S2. The van der Waals surface area contributed by atoms with E-state index in [0.717, 1.165) is 101 Å². The first-order valence-electron chi connectivity index (χ1n) is 26.7. The molecule has 420 valence electrons. The van der Waals surface area contributed by atoms with Gasteiger partial charge in [-0.25, -0.2) is 18.7 Å². The predicted octanol–water partition coefficient (Wildman–Crippen LogP) is 6.74. The van der Waals surface area contributed by atoms with Crippen molar-refractivity contribution in [2.75, 3.05) is 75.6 Å². The molecule has 3 aliphatic rings. The summed E-state index contributed by atoms with van der Waals surface area (Å²) in [4.78, 5) is 76.8. The number of carbonyl (C=O) groups excluding carboxylic acids is 4. The molecule has 79 heavy (non-hydrogen) atoms. The van der Waals surface area contributed by atoms with Crippen LogP contribution in [0.4, 0.5) is 20.2 Å². The molecule has 5 N–H and O–H groups in total. The predicted molar refractivity (Wildman–Crippen MR) is 302 cm³/mol. The number of fused-ring (bicyclic) bond motifs is 1. The first-order valence-corrected chi connectivity index (χ1v) is 29.1. The van der Waals surface area contributed by atoms with Gasteiger partial charge in [-0.15, -0.1) is 11.3 Å². The first-order chi connectivity index (χ1) is 37.6. The summed E-state index contributed by atoms with van der Waals surface area (Å²) in [6.45, 7) is 16.1. The Kier molecular flexibility index (Phi) is 17.0. The van der Waals surface area contributed by atoms with E-state index in [2.05, 4.69) is 45.0 Å². The van der Waals surface area contributed by atoms with E-state index in [1.807, 2.05) is 88.7 Å². The molecule has 0 saturated carbocycles. The lowest BCUT2D eigenvalue weighted by Crippen LogP contribution is -2.59. The molecule has 0 radical (unpaired) electrons. The van der Waals surface area contributed by atoms with Crippen LogP contribution >= 0.6 is 11.3 Å². The van der Waals surface area contributed by atoms with Gasteiger partial charge >= 0.3 is 10.2 Å². The third-order valence-corrected chi connectivity index (χ3v) is 18.1. The number of β-amino-alcohol motifs (C(OH)–C–C–N with tert-alkyl or cyclic N) is 1. The van der Waals surface area contributed by atoms with E-state index in [0.29, 0.717) is 22.6 Å². The van der Waals surface area contributed by atoms with Gasteiger partial charge in [0.25, 0.3) is 0 Å². The minimum absolute atomic E-state index is 0.00663. The summed E-state index contributed by atoms with van der Waals surface area (Å²) in [6.07, 6.45) is 3.99. The molecule has 0 bridgehead atoms. The van der Waals surface area contributed by atoms with Gasteiger partial charge < -0.3 is 30.5 Å². The number of nitrogens with zero attached hydrogens (tertiary/aromatic N) is 7. The van der Waals surface area contributed by atoms with Gasteiger partial charge in [-0.3, -0.25) is 33.7 Å². The van der Waals surface area contributed by atoms with E-state index in [-0.39, 0.29) is 49.5 Å². The lowest BCUT2D eigenvalue weighted by molar-refractivity contribution is -0.144. The van der Waals surface area contributed by atoms with E-state index >= 15 is 8.78 Å². The summed E-state index contributed by atoms with van der Waals surface area (Å²) in [5.41, 5.74) is 5.44. The number of ketones is 1. The van der Waals surface area contributed by atoms with Gasteiger partial charge in [-0.1, -0.05) is 64.1 Å². The Balaban J connectivity index is 0.751. The number of pyridine rings is 1. The fraction of sp³-hybridized carbons (Fsp3) is 0.439. The Morgan fingerprint density at radius 1 is 0.911 bits per heavy atom. The quantitative estimate of drug-likeness (QED) is 0.0601. The Morgan fingerprint density at radius 3 is 2.24 bits per heavy atom. The molecule has 3 aromatic heterocycles. The second kappa shape index (κ2) is 23.6. The van der Waals surface area contributed by atoms with Gasteiger partial charge in [0.1, 0.15) is 23.5 Å². The number of H-pyrrole nitrogens is 1. The average molecular weight is 1120 g/mol. The Labute approximate surface area is 463 Å². The number of likely N-dealkylation sites (tertiary alicyclic amines) is 2. The molecular weight excluding hydrogens is 1050 g/mol. The van der Waals surface area contributed by atoms with E-state index in [1.54, 1.807) is 30.5 Å². The molecule has 3 saturated heterocycles. The number of rotatable bonds is 17. The van der Waals surface area contributed by atoms with Crippen LogP contribution in [0.3, 0.4) is 0 Å². The molecule has 6 aromatic rings. The second-order valence-corrected chi connectivity index (χ2v) is 24.5. The summed E-state index contributed by atoms with van der Waals surface area (Å²) in [5, 5.41) is 17.2. The van der Waals surface area contributed by atoms with Gasteiger partial charge in [0, 0.05) is 106 Å². The van der Waals surface area contributed by atoms with Crippen LogP contribution in [0.15, 0.2) is 84.6 Å². The van der Waals surface area contributed by atoms with Gasteiger partial charge in [-0.05, 0) is 79.1 Å². The molecule has 2 unspecified atom stereocenters. The van der Waals surface area contributed by atoms with Gasteiger partial charge in [0.15, 0.2) is 5.82 Å². The van der Waals surface area contributed by atoms with Crippen LogP contribution in [0.2, 0.25) is 0 Å². The van der Waals surface area contributed by atoms with Crippen LogP contribution in [-0.2, 0) is 24.6 Å². The minimum Gasteiger partial charge on any atom is -0.391 e. The van der Waals surface area contributed by atoms with Gasteiger partial charge in [-0.2, -0.15) is 12.7 Å². The number of hydrogen-bond acceptors (Lipinski definition) is 13. The van der Waals surface area contributed by atoms with Crippen molar-refractivity contribution in [3.8, 4) is 21.6 Å². The maximum Gasteiger partial charge on any atom is 0.301 e. The number of aryl methyl sites for hydroxylation is 1. The highest BCUT2D eigenvalue weighted by Crippen LogP contribution is 2.33. The number of thiazole rings is 1. The smallest absolute Gasteiger partial charge is 0.301 e. The lowest BCUT2D eigenvalue weighted by atomic mass is 9.85. The molecule has 4 atom stereocenters. The van der Waals surface area contributed by atoms with Crippen molar-refractivity contribution in [2.45, 2.75) is 91.1 Å². The number of anilines is 2. The van der Waals surface area contributed by atoms with Crippen LogP contribution in [0.5, 0.6) is 0 Å². The van der Waals surface area contributed by atoms with Crippen LogP contribution in [0.25, 0.3) is 32.6 Å². The van der Waals surface area contributed by atoms with E-state index in [4.69, 9.17) is 0 Å². The Bertz CT molecular complexity index is 3320. The van der Waals surface area contributed by atoms with Gasteiger partial charge in [0.05, 0.1) is 46.0 Å². The monoisotopic (exact) mass is 1120 g/mol. The number of nitrogens with one attached hydrogen (secondary N) is 4. The van der Waals surface area contributed by atoms with Crippen molar-refractivity contribution >= 4 is 67.5 Å². The second-order valence-electron chi connectivity index (χ2n) is 21.9. The summed E-state index contributed by atoms with van der Waals surface area (Å²) in [6, 6.07) is 17.7. The number of amides is 3. The zero-order chi connectivity index (χ0) is 56.5. The molecule has 18 nitrogen and oxygen atoms in total. The normalized spacial score (nSPS) is 18.7. The third-order valence-electron chi connectivity index (χ3n) is 15.6. The zero-order valence-corrected chi connectivity index (χ0v) is 47.2. The number of aromatic amines is 1. The number of piperidine rings is 1. The topological polar surface area (TPSA) is 217 Å². The number of benzene rings is 3. The first kappa shape index (κ1) is 57.0. The van der Waals surface area contributed by atoms with Crippen LogP contribution < -0.4 is 20.3 Å². The number of aromatic nitrogens is 3. The van der Waals surface area contributed by atoms with Crippen molar-refractivity contribution in [1.29, 1.82) is 0 Å². The molecule has 0 aliphatic carbocycles. The number of hydrogen-bond donors (Lipinski definition) is 5. The fourth-order valence-electron chi connectivity index (χ4n) is 10.8. The van der Waals surface area contributed by atoms with E-state index < -0.39 is 68.4 Å². The maximum absolute atomic E-state index is 15.7. The molecule has 0 spiro atoms. The van der Waals surface area contributed by atoms with Crippen molar-refractivity contribution in [3.05, 3.63) is 119 Å². The molecule has 3 fully saturated rings. The number of aliphatic hydroxyl groups excluding tert-OH is 1. The fourth-order valence-corrected chi connectivity index (χ4v) is 12.5. The number of carbonyl (C=O) groups is 4. The molecule has 9 rings (SSSR count). The highest BCUT2D eigenvalue weighted by atomic mass is 32.2. The largest absolute Gasteiger partial charge is 0.391 e. The average Bonchev–Trinajstić information content (AvgIpc) is 4.30. The highest BCUT2D eigenvalue weighted by Gasteiger charge is 2.45. The molecule has 3 aliphatic heterocycles. The summed E-state index contributed by atoms with van der Waals surface area (Å²) in [7, 11) is -2.85. The SMILES string of the molecule is CCN(C)S(=O)(=O)Nc1ccc(F)c(C(=O)c2c[nH]c3ncc(-c4ccc(N5CCN(C6CCN(CC(=O)NC(C(=O)N7C[C@H](O)C[C@H]7C(=O)NC(C)c7ccc(-c8scnc8C)cc7)C(C)(C)C)CC6)CC5)cc4)cc23)c1F. The Hall–Kier alpha value is -6.69. The Morgan fingerprint density at radius 2 is 1.59 bits per heavy atom. The van der Waals surface area contributed by atoms with Crippen molar-refractivity contribution in [2.24, 2.45) is 5.41 Å².